The third kappa shape index (κ3) is 8.04. The van der Waals surface area contributed by atoms with Crippen molar-refractivity contribution in [2.24, 2.45) is 11.8 Å². The molecule has 15 heteroatoms. The third-order valence-electron chi connectivity index (χ3n) is 9.84. The molecule has 3 aliphatic heterocycles. The van der Waals surface area contributed by atoms with Crippen molar-refractivity contribution in [3.8, 4) is 0 Å². The smallest absolute Gasteiger partial charge is 0.408 e. The number of carboxylic acids is 1. The number of carbonyl (C=O) groups excluding carboxylic acids is 3. The lowest BCUT2D eigenvalue weighted by Gasteiger charge is -2.35. The second kappa shape index (κ2) is 14.4. The van der Waals surface area contributed by atoms with Gasteiger partial charge in [-0.3, -0.25) is 9.59 Å². The van der Waals surface area contributed by atoms with Crippen LogP contribution in [0, 0.1) is 11.8 Å². The zero-order chi connectivity index (χ0) is 33.2. The molecule has 6 N–H and O–H groups in total. The van der Waals surface area contributed by atoms with E-state index in [4.69, 9.17) is 9.47 Å². The number of hydrogen-bond donors (Lipinski definition) is 6. The number of allylic oxidation sites excluding steroid dienone is 1. The van der Waals surface area contributed by atoms with Crippen LogP contribution in [-0.4, -0.2) is 99.0 Å². The third-order valence-corrected chi connectivity index (χ3v) is 10.8. The van der Waals surface area contributed by atoms with Crippen molar-refractivity contribution in [3.63, 3.8) is 0 Å². The average molecular weight is 713 g/mol. The summed E-state index contributed by atoms with van der Waals surface area (Å²) < 4.78 is 11.1. The number of rotatable bonds is 5. The Labute approximate surface area is 279 Å². The number of hydrazine groups is 3. The molecule has 258 valence electrons. The summed E-state index contributed by atoms with van der Waals surface area (Å²) in [6.45, 7) is 5.46. The van der Waals surface area contributed by atoms with Crippen LogP contribution >= 0.6 is 15.9 Å². The predicted molar refractivity (Wildman–Crippen MR) is 172 cm³/mol. The van der Waals surface area contributed by atoms with Crippen molar-refractivity contribution in [2.45, 2.75) is 131 Å². The number of nitrogens with zero attached hydrogens (tertiary/aromatic N) is 2. The van der Waals surface area contributed by atoms with Crippen molar-refractivity contribution in [2.75, 3.05) is 13.7 Å². The second-order valence-electron chi connectivity index (χ2n) is 14.3. The van der Waals surface area contributed by atoms with E-state index in [1.165, 1.54) is 4.90 Å². The van der Waals surface area contributed by atoms with Crippen LogP contribution in [0.2, 0.25) is 0 Å². The van der Waals surface area contributed by atoms with Crippen LogP contribution in [0.4, 0.5) is 4.79 Å². The SMILES string of the molecule is COC1CCC(C2NNN([C@@H]3C[C@H]4C(=O)N[C@]5(C(=O)O)C[C@H]5/C=C\CCCCC[C@H](NC(=O)OC(C)(C)C)C(=O)N4C3)N2)CC1Br. The minimum atomic E-state index is -1.39. The molecule has 5 rings (SSSR count). The molecule has 0 aromatic heterocycles. The van der Waals surface area contributed by atoms with Crippen LogP contribution in [0.1, 0.15) is 85.0 Å². The van der Waals surface area contributed by atoms with Gasteiger partial charge in [-0.1, -0.05) is 40.9 Å². The Morgan fingerprint density at radius 1 is 1.13 bits per heavy atom. The van der Waals surface area contributed by atoms with Gasteiger partial charge in [0, 0.05) is 24.4 Å². The summed E-state index contributed by atoms with van der Waals surface area (Å²) in [5.74, 6) is -1.98. The number of aliphatic carboxylic acids is 1. The first-order valence-electron chi connectivity index (χ1n) is 16.6. The van der Waals surface area contributed by atoms with Gasteiger partial charge in [0.05, 0.1) is 18.3 Å². The lowest BCUT2D eigenvalue weighted by molar-refractivity contribution is -0.145. The molecule has 9 atom stereocenters. The lowest BCUT2D eigenvalue weighted by Crippen LogP contribution is -2.56. The molecule has 0 bridgehead atoms. The molecule has 3 amide bonds. The fourth-order valence-electron chi connectivity index (χ4n) is 7.17. The minimum absolute atomic E-state index is 0.0729. The molecular formula is C31H50BrN7O7. The Bertz CT molecular complexity index is 1180. The van der Waals surface area contributed by atoms with E-state index in [-0.39, 0.29) is 47.9 Å². The molecule has 4 unspecified atom stereocenters. The first kappa shape index (κ1) is 35.0. The van der Waals surface area contributed by atoms with E-state index < -0.39 is 41.2 Å². The number of fused-ring (bicyclic) bond motifs is 2. The van der Waals surface area contributed by atoms with Gasteiger partial charge in [0.1, 0.15) is 23.2 Å². The van der Waals surface area contributed by atoms with E-state index in [9.17, 15) is 24.3 Å². The van der Waals surface area contributed by atoms with Crippen LogP contribution in [-0.2, 0) is 23.9 Å². The standard InChI is InChI=1S/C31H50BrN7O7/c1-30(2,3)46-29(44)33-22-11-9-7-5-6-8-10-19-16-31(19,28(42)43)34-26(40)23-15-20(17-38(23)27(22)41)39-36-25(35-37-39)18-12-13-24(45-4)21(32)14-18/h8,10,18-25,35-37H,5-7,9,11-17H2,1-4H3,(H,33,44)(H,34,40)(H,42,43)/b10-8-/t18?,19-,20-,21?,22+,23+,24?,25?,31-/m1/s1. The molecule has 3 heterocycles. The van der Waals surface area contributed by atoms with Crippen molar-refractivity contribution in [3.05, 3.63) is 12.2 Å². The van der Waals surface area contributed by atoms with E-state index in [1.807, 2.05) is 17.3 Å². The molecule has 0 aromatic rings. The van der Waals surface area contributed by atoms with Crippen molar-refractivity contribution in [1.29, 1.82) is 0 Å². The second-order valence-corrected chi connectivity index (χ2v) is 15.5. The Hall–Kier alpha value is -2.30. The minimum Gasteiger partial charge on any atom is -0.479 e. The maximum atomic E-state index is 14.2. The molecule has 5 aliphatic rings. The highest BCUT2D eigenvalue weighted by atomic mass is 79.9. The van der Waals surface area contributed by atoms with Crippen LogP contribution in [0.3, 0.4) is 0 Å². The number of halogens is 1. The fraction of sp³-hybridized carbons (Fsp3) is 0.806. The summed E-state index contributed by atoms with van der Waals surface area (Å²) in [6.07, 6.45) is 10.2. The monoisotopic (exact) mass is 711 g/mol. The topological polar surface area (TPSA) is 174 Å². The van der Waals surface area contributed by atoms with Gasteiger partial charge in [0.15, 0.2) is 0 Å². The van der Waals surface area contributed by atoms with E-state index in [2.05, 4.69) is 42.9 Å². The normalized spacial score (nSPS) is 38.5. The summed E-state index contributed by atoms with van der Waals surface area (Å²) in [5.41, 5.74) is 7.88. The van der Waals surface area contributed by atoms with Gasteiger partial charge in [-0.2, -0.15) is 10.7 Å². The number of carboxylic acid groups (broad SMARTS) is 1. The molecule has 0 aromatic carbocycles. The maximum absolute atomic E-state index is 14.2. The summed E-state index contributed by atoms with van der Waals surface area (Å²) in [6, 6.07) is -2.15. The molecule has 46 heavy (non-hydrogen) atoms. The fourth-order valence-corrected chi connectivity index (χ4v) is 8.13. The molecule has 14 nitrogen and oxygen atoms in total. The van der Waals surface area contributed by atoms with E-state index in [0.29, 0.717) is 25.2 Å². The maximum Gasteiger partial charge on any atom is 0.408 e. The van der Waals surface area contributed by atoms with Gasteiger partial charge in [-0.15, -0.1) is 0 Å². The van der Waals surface area contributed by atoms with Gasteiger partial charge < -0.3 is 30.1 Å². The summed E-state index contributed by atoms with van der Waals surface area (Å²) in [5, 5.41) is 17.5. The molecule has 2 saturated carbocycles. The molecule has 4 fully saturated rings. The van der Waals surface area contributed by atoms with Crippen molar-refractivity contribution < 1.29 is 33.8 Å². The number of alkyl halides is 1. The summed E-state index contributed by atoms with van der Waals surface area (Å²) in [7, 11) is 1.73. The number of ether oxygens (including phenoxy) is 2. The summed E-state index contributed by atoms with van der Waals surface area (Å²) >= 11 is 3.76. The number of carbonyl (C=O) groups is 4. The molecule has 2 aliphatic carbocycles. The van der Waals surface area contributed by atoms with Crippen LogP contribution < -0.4 is 27.0 Å². The van der Waals surface area contributed by atoms with E-state index in [0.717, 1.165) is 38.5 Å². The predicted octanol–water partition coefficient (Wildman–Crippen LogP) is 2.06. The van der Waals surface area contributed by atoms with Crippen LogP contribution in [0.5, 0.6) is 0 Å². The van der Waals surface area contributed by atoms with Gasteiger partial charge >= 0.3 is 12.1 Å². The highest BCUT2D eigenvalue weighted by Gasteiger charge is 2.61. The Morgan fingerprint density at radius 2 is 1.91 bits per heavy atom. The largest absolute Gasteiger partial charge is 0.479 e. The Balaban J connectivity index is 1.35. The number of alkyl carbamates (subject to hydrolysis) is 1. The average Bonchev–Trinajstić information content (AvgIpc) is 3.31. The molecule has 0 radical (unpaired) electrons. The first-order chi connectivity index (χ1) is 21.8. The zero-order valence-electron chi connectivity index (χ0n) is 27.2. The number of methoxy groups -OCH3 is 1. The molecule has 2 saturated heterocycles. The van der Waals surface area contributed by atoms with Gasteiger partial charge in [-0.25, -0.2) is 20.4 Å². The first-order valence-corrected chi connectivity index (χ1v) is 17.5. The number of amides is 3. The van der Waals surface area contributed by atoms with Gasteiger partial charge in [0.2, 0.25) is 11.8 Å². The summed E-state index contributed by atoms with van der Waals surface area (Å²) in [4.78, 5) is 55.1. The molecular weight excluding hydrogens is 662 g/mol. The van der Waals surface area contributed by atoms with Crippen molar-refractivity contribution >= 4 is 39.8 Å². The van der Waals surface area contributed by atoms with Crippen LogP contribution in [0.15, 0.2) is 12.2 Å². The Morgan fingerprint density at radius 3 is 2.61 bits per heavy atom. The van der Waals surface area contributed by atoms with Crippen LogP contribution in [0.25, 0.3) is 0 Å². The highest BCUT2D eigenvalue weighted by Crippen LogP contribution is 2.45. The van der Waals surface area contributed by atoms with E-state index in [1.54, 1.807) is 27.9 Å². The quantitative estimate of drug-likeness (QED) is 0.182. The number of nitrogens with one attached hydrogen (secondary N) is 5. The van der Waals surface area contributed by atoms with Gasteiger partial charge in [0.25, 0.3) is 0 Å². The lowest BCUT2D eigenvalue weighted by atomic mass is 9.85. The number of hydrogen-bond acceptors (Lipinski definition) is 10. The van der Waals surface area contributed by atoms with Gasteiger partial charge in [-0.05, 0) is 78.1 Å². The van der Waals surface area contributed by atoms with E-state index >= 15 is 0 Å². The molecule has 0 spiro atoms. The Kier molecular flexibility index (Phi) is 11.0. The zero-order valence-corrected chi connectivity index (χ0v) is 28.8. The highest BCUT2D eigenvalue weighted by molar-refractivity contribution is 9.09. The van der Waals surface area contributed by atoms with Crippen molar-refractivity contribution in [1.82, 2.24) is 37.0 Å².